The second-order valence-corrected chi connectivity index (χ2v) is 5.74. The molecule has 4 heteroatoms. The minimum absolute atomic E-state index is 0.0661. The molecule has 3 rings (SSSR count). The molecule has 1 aliphatic rings. The summed E-state index contributed by atoms with van der Waals surface area (Å²) in [6, 6.07) is 15.9. The molecule has 0 fully saturated rings. The maximum atomic E-state index is 12.1. The second-order valence-electron chi connectivity index (χ2n) is 5.74. The fourth-order valence-electron chi connectivity index (χ4n) is 2.98. The van der Waals surface area contributed by atoms with Crippen molar-refractivity contribution in [1.29, 1.82) is 0 Å². The topological polar surface area (TPSA) is 41.9 Å². The quantitative estimate of drug-likeness (QED) is 0.867. The van der Waals surface area contributed by atoms with Crippen molar-refractivity contribution in [2.24, 2.45) is 5.10 Å². The molecule has 118 valence electrons. The Labute approximate surface area is 136 Å². The van der Waals surface area contributed by atoms with Crippen LogP contribution in [0.25, 0.3) is 0 Å². The fraction of sp³-hybridized carbons (Fsp3) is 0.263. The highest BCUT2D eigenvalue weighted by molar-refractivity contribution is 6.03. The zero-order valence-corrected chi connectivity index (χ0v) is 13.6. The van der Waals surface area contributed by atoms with Crippen LogP contribution in [0.3, 0.4) is 0 Å². The third-order valence-electron chi connectivity index (χ3n) is 4.08. The first-order valence-corrected chi connectivity index (χ1v) is 7.67. The molecule has 2 aromatic carbocycles. The number of carbonyl (C=O) groups excluding carboxylic acids is 1. The number of hydrogen-bond donors (Lipinski definition) is 0. The van der Waals surface area contributed by atoms with E-state index in [0.29, 0.717) is 6.42 Å². The van der Waals surface area contributed by atoms with Gasteiger partial charge in [-0.2, -0.15) is 5.10 Å². The van der Waals surface area contributed by atoms with Crippen LogP contribution < -0.4 is 4.74 Å². The Morgan fingerprint density at radius 3 is 2.70 bits per heavy atom. The number of amides is 1. The zero-order valence-electron chi connectivity index (χ0n) is 13.6. The van der Waals surface area contributed by atoms with Gasteiger partial charge >= 0.3 is 0 Å². The summed E-state index contributed by atoms with van der Waals surface area (Å²) >= 11 is 0. The molecule has 0 radical (unpaired) electrons. The SMILES string of the molecule is COc1ccccc1[C@@H]1CC(c2cccc(C)c2)=NN1C(C)=O. The van der Waals surface area contributed by atoms with Gasteiger partial charge in [-0.3, -0.25) is 4.79 Å². The van der Waals surface area contributed by atoms with Crippen molar-refractivity contribution in [3.8, 4) is 5.75 Å². The first kappa shape index (κ1) is 15.3. The molecule has 0 aromatic heterocycles. The standard InChI is InChI=1S/C19H20N2O2/c1-13-7-6-8-15(11-13)17-12-18(21(20-17)14(2)22)16-9-4-5-10-19(16)23-3/h4-11,18H,12H2,1-3H3/t18-/m0/s1. The van der Waals surface area contributed by atoms with Crippen molar-refractivity contribution >= 4 is 11.6 Å². The average Bonchev–Trinajstić information content (AvgIpc) is 3.00. The predicted molar refractivity (Wildman–Crippen MR) is 90.6 cm³/mol. The van der Waals surface area contributed by atoms with Crippen molar-refractivity contribution < 1.29 is 9.53 Å². The lowest BCUT2D eigenvalue weighted by molar-refractivity contribution is -0.130. The normalized spacial score (nSPS) is 17.1. The number of carbonyl (C=O) groups is 1. The van der Waals surface area contributed by atoms with Crippen LogP contribution >= 0.6 is 0 Å². The molecule has 0 aliphatic carbocycles. The average molecular weight is 308 g/mol. The lowest BCUT2D eigenvalue weighted by Gasteiger charge is -2.22. The Balaban J connectivity index is 1.99. The van der Waals surface area contributed by atoms with E-state index >= 15 is 0 Å². The van der Waals surface area contributed by atoms with Gasteiger partial charge in [0.15, 0.2) is 0 Å². The van der Waals surface area contributed by atoms with Crippen LogP contribution in [0.1, 0.15) is 36.1 Å². The molecule has 0 saturated heterocycles. The van der Waals surface area contributed by atoms with Gasteiger partial charge in [0.25, 0.3) is 0 Å². The van der Waals surface area contributed by atoms with Crippen molar-refractivity contribution in [2.45, 2.75) is 26.3 Å². The number of para-hydroxylation sites is 1. The van der Waals surface area contributed by atoms with Crippen molar-refractivity contribution in [2.75, 3.05) is 7.11 Å². The molecule has 1 aliphatic heterocycles. The zero-order chi connectivity index (χ0) is 16.4. The Kier molecular flexibility index (Phi) is 4.15. The number of hydrogen-bond acceptors (Lipinski definition) is 3. The van der Waals surface area contributed by atoms with E-state index in [2.05, 4.69) is 24.2 Å². The lowest BCUT2D eigenvalue weighted by Crippen LogP contribution is -2.24. The van der Waals surface area contributed by atoms with Crippen LogP contribution in [0.5, 0.6) is 5.75 Å². The summed E-state index contributed by atoms with van der Waals surface area (Å²) in [5.74, 6) is 0.716. The Morgan fingerprint density at radius 2 is 2.00 bits per heavy atom. The van der Waals surface area contributed by atoms with E-state index in [9.17, 15) is 4.79 Å². The molecule has 23 heavy (non-hydrogen) atoms. The molecular formula is C19H20N2O2. The molecular weight excluding hydrogens is 288 g/mol. The summed E-state index contributed by atoms with van der Waals surface area (Å²) in [6.45, 7) is 3.60. The summed E-state index contributed by atoms with van der Waals surface area (Å²) in [7, 11) is 1.65. The maximum Gasteiger partial charge on any atom is 0.240 e. The van der Waals surface area contributed by atoms with Gasteiger partial charge in [0.05, 0.1) is 18.9 Å². The third kappa shape index (κ3) is 2.97. The fourth-order valence-corrected chi connectivity index (χ4v) is 2.98. The van der Waals surface area contributed by atoms with Gasteiger partial charge in [0, 0.05) is 18.9 Å². The Morgan fingerprint density at radius 1 is 1.22 bits per heavy atom. The predicted octanol–water partition coefficient (Wildman–Crippen LogP) is 3.70. The van der Waals surface area contributed by atoms with Crippen molar-refractivity contribution in [3.63, 3.8) is 0 Å². The van der Waals surface area contributed by atoms with E-state index in [1.165, 1.54) is 5.56 Å². The highest BCUT2D eigenvalue weighted by Crippen LogP contribution is 2.37. The van der Waals surface area contributed by atoms with Gasteiger partial charge in [0.2, 0.25) is 5.91 Å². The number of nitrogens with zero attached hydrogens (tertiary/aromatic N) is 2. The van der Waals surface area contributed by atoms with E-state index in [1.807, 2.05) is 36.4 Å². The van der Waals surface area contributed by atoms with E-state index in [0.717, 1.165) is 22.6 Å². The van der Waals surface area contributed by atoms with E-state index in [-0.39, 0.29) is 11.9 Å². The molecule has 1 atom stereocenters. The summed E-state index contributed by atoms with van der Waals surface area (Å²) in [5, 5.41) is 6.14. The van der Waals surface area contributed by atoms with E-state index in [4.69, 9.17) is 4.74 Å². The number of ether oxygens (including phenoxy) is 1. The molecule has 0 bridgehead atoms. The molecule has 2 aromatic rings. The third-order valence-corrected chi connectivity index (χ3v) is 4.08. The van der Waals surface area contributed by atoms with Crippen molar-refractivity contribution in [1.82, 2.24) is 5.01 Å². The minimum atomic E-state index is -0.126. The molecule has 1 amide bonds. The first-order chi connectivity index (χ1) is 11.1. The van der Waals surface area contributed by atoms with Crippen LogP contribution in [-0.2, 0) is 4.79 Å². The molecule has 0 N–H and O–H groups in total. The summed E-state index contributed by atoms with van der Waals surface area (Å²) < 4.78 is 5.46. The maximum absolute atomic E-state index is 12.1. The van der Waals surface area contributed by atoms with Gasteiger partial charge in [-0.1, -0.05) is 48.0 Å². The van der Waals surface area contributed by atoms with E-state index < -0.39 is 0 Å². The smallest absolute Gasteiger partial charge is 0.240 e. The van der Waals surface area contributed by atoms with Crippen LogP contribution in [0.4, 0.5) is 0 Å². The van der Waals surface area contributed by atoms with Crippen LogP contribution in [0.15, 0.2) is 53.6 Å². The number of rotatable bonds is 3. The van der Waals surface area contributed by atoms with Gasteiger partial charge in [-0.25, -0.2) is 5.01 Å². The molecule has 4 nitrogen and oxygen atoms in total. The number of aryl methyl sites for hydroxylation is 1. The summed E-state index contributed by atoms with van der Waals surface area (Å²) in [6.07, 6.45) is 0.684. The molecule has 1 heterocycles. The van der Waals surface area contributed by atoms with Gasteiger partial charge in [-0.15, -0.1) is 0 Å². The Hall–Kier alpha value is -2.62. The largest absolute Gasteiger partial charge is 0.496 e. The minimum Gasteiger partial charge on any atom is -0.496 e. The Bertz CT molecular complexity index is 767. The van der Waals surface area contributed by atoms with Gasteiger partial charge in [0.1, 0.15) is 5.75 Å². The van der Waals surface area contributed by atoms with Gasteiger partial charge in [-0.05, 0) is 18.6 Å². The summed E-state index contributed by atoms with van der Waals surface area (Å²) in [4.78, 5) is 12.1. The number of methoxy groups -OCH3 is 1. The summed E-state index contributed by atoms with van der Waals surface area (Å²) in [5.41, 5.74) is 4.16. The monoisotopic (exact) mass is 308 g/mol. The number of hydrazone groups is 1. The highest BCUT2D eigenvalue weighted by atomic mass is 16.5. The van der Waals surface area contributed by atoms with Crippen molar-refractivity contribution in [3.05, 3.63) is 65.2 Å². The van der Waals surface area contributed by atoms with Crippen LogP contribution in [0, 0.1) is 6.92 Å². The van der Waals surface area contributed by atoms with Crippen LogP contribution in [-0.4, -0.2) is 23.7 Å². The van der Waals surface area contributed by atoms with Crippen LogP contribution in [0.2, 0.25) is 0 Å². The number of benzene rings is 2. The highest BCUT2D eigenvalue weighted by Gasteiger charge is 2.33. The van der Waals surface area contributed by atoms with E-state index in [1.54, 1.807) is 19.0 Å². The second kappa shape index (κ2) is 6.24. The molecule has 0 spiro atoms. The molecule has 0 unspecified atom stereocenters. The molecule has 0 saturated carbocycles. The van der Waals surface area contributed by atoms with Gasteiger partial charge < -0.3 is 4.74 Å². The first-order valence-electron chi connectivity index (χ1n) is 7.67. The lowest BCUT2D eigenvalue weighted by atomic mass is 9.97.